The van der Waals surface area contributed by atoms with Gasteiger partial charge < -0.3 is 15.2 Å². The van der Waals surface area contributed by atoms with Gasteiger partial charge in [-0.3, -0.25) is 4.21 Å². The van der Waals surface area contributed by atoms with Gasteiger partial charge >= 0.3 is 0 Å². The van der Waals surface area contributed by atoms with Crippen LogP contribution < -0.4 is 15.2 Å². The van der Waals surface area contributed by atoms with E-state index in [0.29, 0.717) is 30.6 Å². The molecule has 2 rings (SSSR count). The lowest BCUT2D eigenvalue weighted by Crippen LogP contribution is -2.32. The minimum Gasteiger partial charge on any atom is -0.490 e. The van der Waals surface area contributed by atoms with Gasteiger partial charge in [-0.2, -0.15) is 0 Å². The predicted molar refractivity (Wildman–Crippen MR) is 76.1 cm³/mol. The number of hydrogen-bond donors (Lipinski definition) is 1. The second-order valence-corrected chi connectivity index (χ2v) is 6.57. The van der Waals surface area contributed by atoms with Crippen molar-refractivity contribution < 1.29 is 13.7 Å². The van der Waals surface area contributed by atoms with E-state index in [1.807, 2.05) is 32.0 Å². The summed E-state index contributed by atoms with van der Waals surface area (Å²) in [5, 5.41) is 0. The van der Waals surface area contributed by atoms with Gasteiger partial charge in [-0.25, -0.2) is 0 Å². The zero-order valence-corrected chi connectivity index (χ0v) is 12.2. The maximum Gasteiger partial charge on any atom is 0.162 e. The summed E-state index contributed by atoms with van der Waals surface area (Å²) in [6, 6.07) is 5.41. The van der Waals surface area contributed by atoms with Crippen LogP contribution in [0.4, 0.5) is 0 Å². The Balaban J connectivity index is 2.12. The molecular formula is C14H21NO3S. The van der Waals surface area contributed by atoms with E-state index in [9.17, 15) is 4.21 Å². The molecule has 0 saturated carbocycles. The maximum absolute atomic E-state index is 12.3. The topological polar surface area (TPSA) is 61.6 Å². The Morgan fingerprint density at radius 3 is 2.63 bits per heavy atom. The van der Waals surface area contributed by atoms with Gasteiger partial charge in [0, 0.05) is 29.2 Å². The van der Waals surface area contributed by atoms with Gasteiger partial charge in [-0.05, 0) is 18.1 Å². The second-order valence-electron chi connectivity index (χ2n) is 5.08. The van der Waals surface area contributed by atoms with Crippen LogP contribution in [0.3, 0.4) is 0 Å². The molecule has 1 aliphatic rings. The van der Waals surface area contributed by atoms with Crippen molar-refractivity contribution in [2.24, 2.45) is 11.7 Å². The van der Waals surface area contributed by atoms with E-state index in [1.54, 1.807) is 0 Å². The van der Waals surface area contributed by atoms with Crippen LogP contribution in [0.15, 0.2) is 23.1 Å². The molecule has 1 aromatic rings. The molecule has 106 valence electrons. The van der Waals surface area contributed by atoms with E-state index in [1.165, 1.54) is 0 Å². The lowest BCUT2D eigenvalue weighted by atomic mass is 10.1. The summed E-state index contributed by atoms with van der Waals surface area (Å²) in [5.74, 6) is 2.20. The summed E-state index contributed by atoms with van der Waals surface area (Å²) < 4.78 is 23.4. The Morgan fingerprint density at radius 2 is 1.95 bits per heavy atom. The zero-order chi connectivity index (χ0) is 13.8. The number of rotatable bonds is 4. The van der Waals surface area contributed by atoms with Crippen LogP contribution in [-0.2, 0) is 10.8 Å². The van der Waals surface area contributed by atoms with Crippen LogP contribution in [0.1, 0.15) is 20.3 Å². The molecule has 0 spiro atoms. The summed E-state index contributed by atoms with van der Waals surface area (Å²) in [4.78, 5) is 0.750. The van der Waals surface area contributed by atoms with E-state index in [-0.39, 0.29) is 6.04 Å². The number of ether oxygens (including phenoxy) is 2. The summed E-state index contributed by atoms with van der Waals surface area (Å²) in [6.07, 6.45) is 0.866. The van der Waals surface area contributed by atoms with Gasteiger partial charge in [0.2, 0.25) is 0 Å². The highest BCUT2D eigenvalue weighted by molar-refractivity contribution is 7.85. The van der Waals surface area contributed by atoms with Crippen molar-refractivity contribution in [1.82, 2.24) is 0 Å². The van der Waals surface area contributed by atoms with Gasteiger partial charge in [0.25, 0.3) is 0 Å². The molecule has 1 aromatic carbocycles. The first-order chi connectivity index (χ1) is 9.08. The largest absolute Gasteiger partial charge is 0.490 e. The fourth-order valence-electron chi connectivity index (χ4n) is 1.75. The van der Waals surface area contributed by atoms with Crippen molar-refractivity contribution in [3.8, 4) is 11.5 Å². The first kappa shape index (κ1) is 14.3. The fourth-order valence-corrected chi connectivity index (χ4v) is 3.13. The molecule has 0 aliphatic carbocycles. The number of hydrogen-bond acceptors (Lipinski definition) is 4. The molecular weight excluding hydrogens is 262 g/mol. The third kappa shape index (κ3) is 3.70. The first-order valence-corrected chi connectivity index (χ1v) is 7.93. The van der Waals surface area contributed by atoms with Gasteiger partial charge in [0.1, 0.15) is 0 Å². The Labute approximate surface area is 116 Å². The van der Waals surface area contributed by atoms with Crippen molar-refractivity contribution in [2.75, 3.05) is 19.0 Å². The van der Waals surface area contributed by atoms with Crippen LogP contribution >= 0.6 is 0 Å². The van der Waals surface area contributed by atoms with Crippen LogP contribution in [0.5, 0.6) is 11.5 Å². The van der Waals surface area contributed by atoms with E-state index in [2.05, 4.69) is 0 Å². The molecule has 2 unspecified atom stereocenters. The highest BCUT2D eigenvalue weighted by atomic mass is 32.2. The number of benzene rings is 1. The van der Waals surface area contributed by atoms with E-state index < -0.39 is 10.8 Å². The minimum atomic E-state index is -1.10. The van der Waals surface area contributed by atoms with Crippen LogP contribution in [0.2, 0.25) is 0 Å². The van der Waals surface area contributed by atoms with E-state index in [0.717, 1.165) is 17.1 Å². The number of nitrogens with two attached hydrogens (primary N) is 1. The molecule has 0 amide bonds. The Morgan fingerprint density at radius 1 is 1.26 bits per heavy atom. The molecule has 5 heteroatoms. The molecule has 0 fully saturated rings. The third-order valence-electron chi connectivity index (χ3n) is 3.18. The highest BCUT2D eigenvalue weighted by Gasteiger charge is 2.16. The van der Waals surface area contributed by atoms with Gasteiger partial charge in [0.15, 0.2) is 11.5 Å². The van der Waals surface area contributed by atoms with Crippen molar-refractivity contribution in [3.63, 3.8) is 0 Å². The lowest BCUT2D eigenvalue weighted by Gasteiger charge is -2.15. The predicted octanol–water partition coefficient (Wildman–Crippen LogP) is 1.94. The van der Waals surface area contributed by atoms with Gasteiger partial charge in [-0.1, -0.05) is 13.8 Å². The highest BCUT2D eigenvalue weighted by Crippen LogP contribution is 2.31. The molecule has 2 N–H and O–H groups in total. The van der Waals surface area contributed by atoms with E-state index >= 15 is 0 Å². The molecule has 0 bridgehead atoms. The smallest absolute Gasteiger partial charge is 0.162 e. The standard InChI is InChI=1S/C14H21NO3S/c1-10(2)12(15)9-19(16)11-4-5-13-14(8-11)18-7-3-6-17-13/h4-5,8,10,12H,3,6-7,9,15H2,1-2H3. The monoisotopic (exact) mass is 283 g/mol. The quantitative estimate of drug-likeness (QED) is 0.917. The molecule has 0 radical (unpaired) electrons. The van der Waals surface area contributed by atoms with Crippen molar-refractivity contribution in [1.29, 1.82) is 0 Å². The summed E-state index contributed by atoms with van der Waals surface area (Å²) in [6.45, 7) is 5.37. The fraction of sp³-hybridized carbons (Fsp3) is 0.571. The molecule has 0 saturated heterocycles. The Kier molecular flexibility index (Phi) is 4.82. The van der Waals surface area contributed by atoms with E-state index in [4.69, 9.17) is 15.2 Å². The second kappa shape index (κ2) is 6.39. The van der Waals surface area contributed by atoms with Crippen LogP contribution in [0, 0.1) is 5.92 Å². The third-order valence-corrected chi connectivity index (χ3v) is 4.65. The summed E-state index contributed by atoms with van der Waals surface area (Å²) in [5.41, 5.74) is 5.97. The number of fused-ring (bicyclic) bond motifs is 1. The molecule has 1 heterocycles. The summed E-state index contributed by atoms with van der Waals surface area (Å²) >= 11 is 0. The lowest BCUT2D eigenvalue weighted by molar-refractivity contribution is 0.297. The normalized spacial score (nSPS) is 17.9. The molecule has 0 aromatic heterocycles. The maximum atomic E-state index is 12.3. The SMILES string of the molecule is CC(C)C(N)CS(=O)c1ccc2c(c1)OCCCO2. The molecule has 2 atom stereocenters. The average Bonchev–Trinajstić information content (AvgIpc) is 2.62. The van der Waals surface area contributed by atoms with Gasteiger partial charge in [0.05, 0.1) is 24.0 Å². The molecule has 1 aliphatic heterocycles. The Hall–Kier alpha value is -1.07. The Bertz CT molecular complexity index is 462. The molecule has 19 heavy (non-hydrogen) atoms. The minimum absolute atomic E-state index is 0.0585. The summed E-state index contributed by atoms with van der Waals surface area (Å²) in [7, 11) is -1.10. The first-order valence-electron chi connectivity index (χ1n) is 6.61. The van der Waals surface area contributed by atoms with Crippen LogP contribution in [0.25, 0.3) is 0 Å². The van der Waals surface area contributed by atoms with Crippen molar-refractivity contribution >= 4 is 10.8 Å². The van der Waals surface area contributed by atoms with Crippen molar-refractivity contribution in [2.45, 2.75) is 31.2 Å². The zero-order valence-electron chi connectivity index (χ0n) is 11.4. The van der Waals surface area contributed by atoms with Crippen LogP contribution in [-0.4, -0.2) is 29.2 Å². The average molecular weight is 283 g/mol. The molecule has 4 nitrogen and oxygen atoms in total. The van der Waals surface area contributed by atoms with Crippen molar-refractivity contribution in [3.05, 3.63) is 18.2 Å². The van der Waals surface area contributed by atoms with Gasteiger partial charge in [-0.15, -0.1) is 0 Å².